The maximum atomic E-state index is 9.22. The fraction of sp³-hybridized carbons (Fsp3) is 0.440. The lowest BCUT2D eigenvalue weighted by Crippen LogP contribution is -2.44. The van der Waals surface area contributed by atoms with Crippen molar-refractivity contribution in [1.82, 2.24) is 0 Å². The molecule has 1 aromatic rings. The van der Waals surface area contributed by atoms with Crippen LogP contribution in [0.4, 0.5) is 5.69 Å². The molecule has 0 aliphatic carbocycles. The minimum Gasteiger partial charge on any atom is -0.488 e. The molecule has 0 saturated heterocycles. The molecule has 0 saturated carbocycles. The maximum Gasteiger partial charge on any atom is 0.265 e. The summed E-state index contributed by atoms with van der Waals surface area (Å²) in [6.45, 7) is 19.1. The Bertz CT molecular complexity index is 959. The first-order chi connectivity index (χ1) is 13.6. The Labute approximate surface area is 174 Å². The zero-order chi connectivity index (χ0) is 21.2. The third-order valence-electron chi connectivity index (χ3n) is 5.32. The number of hydrogen-bond acceptors (Lipinski definition) is 3. The van der Waals surface area contributed by atoms with E-state index in [4.69, 9.17) is 11.3 Å². The Hall–Kier alpha value is -2.98. The highest BCUT2D eigenvalue weighted by molar-refractivity contribution is 5.64. The number of aryl methyl sites for hydroxylation is 1. The van der Waals surface area contributed by atoms with Crippen LogP contribution < -0.4 is 4.90 Å². The van der Waals surface area contributed by atoms with E-state index in [0.29, 0.717) is 12.2 Å². The summed E-state index contributed by atoms with van der Waals surface area (Å²) in [6.07, 6.45) is 8.62. The monoisotopic (exact) mass is 387 g/mol. The van der Waals surface area contributed by atoms with Crippen LogP contribution in [0.2, 0.25) is 0 Å². The SMILES string of the molecule is [C-]#[N+]/C(C#N)=C1C=C(/C=C/c2ccc3c(c2)CCCN3C(C)(C)C)OC(C)(C)C\1. The van der Waals surface area contributed by atoms with Crippen molar-refractivity contribution in [1.29, 1.82) is 5.26 Å². The number of nitriles is 1. The summed E-state index contributed by atoms with van der Waals surface area (Å²) >= 11 is 0. The first-order valence-corrected chi connectivity index (χ1v) is 10.1. The summed E-state index contributed by atoms with van der Waals surface area (Å²) in [6, 6.07) is 8.62. The Morgan fingerprint density at radius 1 is 1.31 bits per heavy atom. The van der Waals surface area contributed by atoms with Crippen molar-refractivity contribution in [2.45, 2.75) is 65.0 Å². The zero-order valence-electron chi connectivity index (χ0n) is 18.0. The summed E-state index contributed by atoms with van der Waals surface area (Å²) in [5, 5.41) is 9.22. The zero-order valence-corrected chi connectivity index (χ0v) is 18.0. The van der Waals surface area contributed by atoms with Crippen LogP contribution in [0.25, 0.3) is 10.9 Å². The number of allylic oxidation sites excluding steroid dienone is 3. The summed E-state index contributed by atoms with van der Waals surface area (Å²) in [5.41, 5.74) is 4.39. The van der Waals surface area contributed by atoms with E-state index in [9.17, 15) is 5.26 Å². The molecule has 4 heteroatoms. The lowest BCUT2D eigenvalue weighted by Gasteiger charge is -2.41. The van der Waals surface area contributed by atoms with E-state index < -0.39 is 5.60 Å². The van der Waals surface area contributed by atoms with Crippen LogP contribution in [-0.4, -0.2) is 17.7 Å². The number of benzene rings is 1. The van der Waals surface area contributed by atoms with Crippen molar-refractivity contribution in [3.63, 3.8) is 0 Å². The molecule has 0 atom stereocenters. The van der Waals surface area contributed by atoms with Crippen LogP contribution in [-0.2, 0) is 11.2 Å². The predicted octanol–water partition coefficient (Wildman–Crippen LogP) is 6.03. The second-order valence-corrected chi connectivity index (χ2v) is 9.33. The van der Waals surface area contributed by atoms with Crippen molar-refractivity contribution in [3.8, 4) is 6.07 Å². The van der Waals surface area contributed by atoms with Gasteiger partial charge in [0.25, 0.3) is 5.70 Å². The molecule has 0 amide bonds. The molecule has 2 aliphatic heterocycles. The molecule has 0 unspecified atom stereocenters. The predicted molar refractivity (Wildman–Crippen MR) is 118 cm³/mol. The van der Waals surface area contributed by atoms with Gasteiger partial charge in [-0.2, -0.15) is 0 Å². The van der Waals surface area contributed by atoms with Gasteiger partial charge in [-0.25, -0.2) is 10.1 Å². The lowest BCUT2D eigenvalue weighted by atomic mass is 9.93. The van der Waals surface area contributed by atoms with Crippen LogP contribution in [0.1, 0.15) is 58.6 Å². The van der Waals surface area contributed by atoms with E-state index in [1.165, 1.54) is 17.7 Å². The van der Waals surface area contributed by atoms with E-state index >= 15 is 0 Å². The van der Waals surface area contributed by atoms with Gasteiger partial charge in [-0.1, -0.05) is 12.1 Å². The van der Waals surface area contributed by atoms with Crippen LogP contribution >= 0.6 is 0 Å². The second kappa shape index (κ2) is 7.80. The van der Waals surface area contributed by atoms with E-state index in [-0.39, 0.29) is 11.2 Å². The fourth-order valence-electron chi connectivity index (χ4n) is 4.06. The van der Waals surface area contributed by atoms with Gasteiger partial charge in [-0.05, 0) is 88.4 Å². The summed E-state index contributed by atoms with van der Waals surface area (Å²) in [4.78, 5) is 5.85. The minimum absolute atomic E-state index is 0.114. The molecule has 0 spiro atoms. The van der Waals surface area contributed by atoms with Gasteiger partial charge in [-0.15, -0.1) is 0 Å². The molecule has 150 valence electrons. The third-order valence-corrected chi connectivity index (χ3v) is 5.32. The molecule has 2 heterocycles. The molecule has 1 aromatic carbocycles. The van der Waals surface area contributed by atoms with Gasteiger partial charge in [-0.3, -0.25) is 0 Å². The van der Waals surface area contributed by atoms with Gasteiger partial charge in [0.05, 0.1) is 12.6 Å². The fourth-order valence-corrected chi connectivity index (χ4v) is 4.06. The first-order valence-electron chi connectivity index (χ1n) is 10.1. The van der Waals surface area contributed by atoms with E-state index in [2.05, 4.69) is 48.7 Å². The normalized spacial score (nSPS) is 20.2. The number of fused-ring (bicyclic) bond motifs is 1. The minimum atomic E-state index is -0.445. The Morgan fingerprint density at radius 2 is 2.07 bits per heavy atom. The van der Waals surface area contributed by atoms with Gasteiger partial charge < -0.3 is 9.64 Å². The number of rotatable bonds is 2. The van der Waals surface area contributed by atoms with Crippen LogP contribution in [0.5, 0.6) is 0 Å². The number of nitrogens with zero attached hydrogens (tertiary/aromatic N) is 3. The molecule has 0 bridgehead atoms. The highest BCUT2D eigenvalue weighted by Crippen LogP contribution is 2.35. The molecule has 29 heavy (non-hydrogen) atoms. The molecular formula is C25H29N3O. The van der Waals surface area contributed by atoms with E-state index in [1.807, 2.05) is 38.1 Å². The topological polar surface area (TPSA) is 40.6 Å². The number of anilines is 1. The van der Waals surface area contributed by atoms with Gasteiger partial charge in [0.15, 0.2) is 0 Å². The average molecular weight is 388 g/mol. The largest absolute Gasteiger partial charge is 0.488 e. The summed E-state index contributed by atoms with van der Waals surface area (Å²) < 4.78 is 6.06. The van der Waals surface area contributed by atoms with Crippen molar-refractivity contribution in [2.75, 3.05) is 11.4 Å². The standard InChI is InChI=1S/C25H29N3O/c1-24(2,3)28-13-7-8-19-14-18(10-12-23(19)28)9-11-21-15-20(22(17-26)27-6)16-25(4,5)29-21/h9-12,14-15H,7-8,13,16H2,1-5H3/b11-9+,22-20+. The molecule has 4 nitrogen and oxygen atoms in total. The van der Waals surface area contributed by atoms with Gasteiger partial charge in [0.2, 0.25) is 0 Å². The molecule has 3 rings (SSSR count). The highest BCUT2D eigenvalue weighted by Gasteiger charge is 2.28. The average Bonchev–Trinajstić information content (AvgIpc) is 2.65. The van der Waals surface area contributed by atoms with Gasteiger partial charge in [0, 0.05) is 24.2 Å². The van der Waals surface area contributed by atoms with Crippen LogP contribution in [0.3, 0.4) is 0 Å². The molecule has 2 aliphatic rings. The van der Waals surface area contributed by atoms with Crippen LogP contribution in [0, 0.1) is 17.9 Å². The Kier molecular flexibility index (Phi) is 5.58. The number of hydrogen-bond donors (Lipinski definition) is 0. The van der Waals surface area contributed by atoms with Crippen LogP contribution in [0.15, 0.2) is 47.4 Å². The van der Waals surface area contributed by atoms with Gasteiger partial charge >= 0.3 is 0 Å². The van der Waals surface area contributed by atoms with Crippen molar-refractivity contribution < 1.29 is 4.74 Å². The second-order valence-electron chi connectivity index (χ2n) is 9.33. The van der Waals surface area contributed by atoms with E-state index in [1.54, 1.807) is 0 Å². The maximum absolute atomic E-state index is 9.22. The van der Waals surface area contributed by atoms with E-state index in [0.717, 1.165) is 24.1 Å². The Morgan fingerprint density at radius 3 is 2.72 bits per heavy atom. The molecule has 0 aromatic heterocycles. The summed E-state index contributed by atoms with van der Waals surface area (Å²) in [7, 11) is 0. The van der Waals surface area contributed by atoms with Gasteiger partial charge in [0.1, 0.15) is 11.4 Å². The molecule has 0 fully saturated rings. The first kappa shape index (κ1) is 20.7. The molecule has 0 radical (unpaired) electrons. The third kappa shape index (κ3) is 4.72. The summed E-state index contributed by atoms with van der Waals surface area (Å²) in [5.74, 6) is 0.682. The quantitative estimate of drug-likeness (QED) is 0.459. The van der Waals surface area contributed by atoms with Crippen molar-refractivity contribution in [2.24, 2.45) is 0 Å². The smallest absolute Gasteiger partial charge is 0.265 e. The highest BCUT2D eigenvalue weighted by atomic mass is 16.5. The van der Waals surface area contributed by atoms with Crippen molar-refractivity contribution >= 4 is 11.8 Å². The Balaban J connectivity index is 1.90. The van der Waals surface area contributed by atoms with Crippen molar-refractivity contribution in [3.05, 3.63) is 69.9 Å². The molecular weight excluding hydrogens is 358 g/mol. The lowest BCUT2D eigenvalue weighted by molar-refractivity contribution is 0.0356. The number of ether oxygens (including phenoxy) is 1. The molecule has 0 N–H and O–H groups in total.